The topological polar surface area (TPSA) is 82.8 Å². The number of unbranched alkanes of at least 4 members (excludes halogenated alkanes) is 4. The summed E-state index contributed by atoms with van der Waals surface area (Å²) < 4.78 is 13.1. The normalized spacial score (nSPS) is 11.8. The maximum absolute atomic E-state index is 13.0. The summed E-state index contributed by atoms with van der Waals surface area (Å²) in [7, 11) is 1.60. The molecular weight excluding hydrogens is 462 g/mol. The molecule has 0 bridgehead atoms. The molecule has 0 saturated heterocycles. The predicted molar refractivity (Wildman–Crippen MR) is 139 cm³/mol. The van der Waals surface area contributed by atoms with Gasteiger partial charge in [-0.15, -0.1) is 0 Å². The van der Waals surface area contributed by atoms with Crippen LogP contribution in [0.4, 0.5) is 0 Å². The molecule has 0 aliphatic rings. The summed E-state index contributed by atoms with van der Waals surface area (Å²) in [5.74, 6) is 1.29. The minimum Gasteiger partial charge on any atom is -0.493 e. The van der Waals surface area contributed by atoms with Crippen LogP contribution in [-0.4, -0.2) is 28.3 Å². The number of benzene rings is 2. The Morgan fingerprint density at radius 2 is 1.80 bits per heavy atom. The highest BCUT2D eigenvalue weighted by molar-refractivity contribution is 7.15. The van der Waals surface area contributed by atoms with Crippen LogP contribution in [-0.2, 0) is 6.42 Å². The van der Waals surface area contributed by atoms with Gasteiger partial charge in [-0.3, -0.25) is 9.59 Å². The Bertz CT molecular complexity index is 1450. The summed E-state index contributed by atoms with van der Waals surface area (Å²) in [6.07, 6.45) is 7.92. The molecule has 0 saturated carbocycles. The van der Waals surface area contributed by atoms with Crippen molar-refractivity contribution in [3.8, 4) is 11.5 Å². The Labute approximate surface area is 207 Å². The zero-order chi connectivity index (χ0) is 24.6. The van der Waals surface area contributed by atoms with E-state index < -0.39 is 5.56 Å². The van der Waals surface area contributed by atoms with E-state index in [1.807, 2.05) is 48.5 Å². The average Bonchev–Trinajstić information content (AvgIpc) is 3.16. The first-order valence-corrected chi connectivity index (χ1v) is 12.7. The van der Waals surface area contributed by atoms with Crippen LogP contribution < -0.4 is 25.1 Å². The van der Waals surface area contributed by atoms with Crippen LogP contribution in [0.5, 0.6) is 11.5 Å². The molecule has 0 fully saturated rings. The second-order valence-electron chi connectivity index (χ2n) is 8.31. The molecule has 0 atom stereocenters. The second kappa shape index (κ2) is 11.8. The summed E-state index contributed by atoms with van der Waals surface area (Å²) in [6.45, 7) is 2.84. The third-order valence-corrected chi connectivity index (χ3v) is 6.61. The number of hydrogen-bond acceptors (Lipinski definition) is 7. The molecule has 2 aromatic carbocycles. The molecule has 182 valence electrons. The summed E-state index contributed by atoms with van der Waals surface area (Å²) in [5.41, 5.74) is 1.24. The van der Waals surface area contributed by atoms with E-state index in [4.69, 9.17) is 9.47 Å². The lowest BCUT2D eigenvalue weighted by atomic mass is 10.1. The molecule has 2 heterocycles. The quantitative estimate of drug-likeness (QED) is 0.295. The largest absolute Gasteiger partial charge is 0.493 e. The predicted octanol–water partition coefficient (Wildman–Crippen LogP) is 4.01. The van der Waals surface area contributed by atoms with Gasteiger partial charge in [-0.1, -0.05) is 80.3 Å². The zero-order valence-corrected chi connectivity index (χ0v) is 20.8. The van der Waals surface area contributed by atoms with Crippen molar-refractivity contribution in [2.24, 2.45) is 0 Å². The molecule has 0 amide bonds. The Kier molecular flexibility index (Phi) is 8.26. The highest BCUT2D eigenvalue weighted by Gasteiger charge is 2.12. The van der Waals surface area contributed by atoms with Crippen LogP contribution >= 0.6 is 11.3 Å². The molecule has 7 nitrogen and oxygen atoms in total. The van der Waals surface area contributed by atoms with Gasteiger partial charge in [-0.25, -0.2) is 0 Å². The highest BCUT2D eigenvalue weighted by Crippen LogP contribution is 2.28. The van der Waals surface area contributed by atoms with Gasteiger partial charge in [-0.05, 0) is 35.8 Å². The number of hydrogen-bond donors (Lipinski definition) is 0. The molecule has 4 rings (SSSR count). The van der Waals surface area contributed by atoms with E-state index in [0.29, 0.717) is 29.1 Å². The molecule has 0 N–H and O–H groups in total. The first-order chi connectivity index (χ1) is 17.1. The van der Waals surface area contributed by atoms with Crippen LogP contribution in [0.25, 0.3) is 11.0 Å². The van der Waals surface area contributed by atoms with Gasteiger partial charge in [0.15, 0.2) is 11.5 Å². The molecule has 0 unspecified atom stereocenters. The third-order valence-electron chi connectivity index (χ3n) is 5.66. The van der Waals surface area contributed by atoms with Crippen LogP contribution in [0.1, 0.15) is 55.8 Å². The van der Waals surface area contributed by atoms with Gasteiger partial charge >= 0.3 is 0 Å². The number of fused-ring (bicyclic) bond motifs is 1. The first-order valence-electron chi connectivity index (χ1n) is 11.9. The number of methoxy groups -OCH3 is 1. The second-order valence-corrected chi connectivity index (χ2v) is 9.32. The van der Waals surface area contributed by atoms with Gasteiger partial charge in [0.25, 0.3) is 11.1 Å². The zero-order valence-electron chi connectivity index (χ0n) is 20.0. The Balaban J connectivity index is 1.56. The molecule has 8 heteroatoms. The number of aromatic nitrogens is 3. The van der Waals surface area contributed by atoms with Crippen LogP contribution in [0.2, 0.25) is 0 Å². The monoisotopic (exact) mass is 491 g/mol. The lowest BCUT2D eigenvalue weighted by molar-refractivity contribution is 0.285. The van der Waals surface area contributed by atoms with Crippen molar-refractivity contribution in [1.29, 1.82) is 0 Å². The lowest BCUT2D eigenvalue weighted by Gasteiger charge is -2.11. The molecule has 0 radical (unpaired) electrons. The average molecular weight is 492 g/mol. The highest BCUT2D eigenvalue weighted by atomic mass is 32.1. The molecular formula is C27H29N3O4S. The fourth-order valence-electron chi connectivity index (χ4n) is 3.77. The van der Waals surface area contributed by atoms with Crippen molar-refractivity contribution in [1.82, 2.24) is 14.6 Å². The van der Waals surface area contributed by atoms with E-state index in [1.54, 1.807) is 13.2 Å². The van der Waals surface area contributed by atoms with Crippen LogP contribution in [0.3, 0.4) is 0 Å². The van der Waals surface area contributed by atoms with E-state index >= 15 is 0 Å². The minimum atomic E-state index is -0.417. The number of thiazole rings is 1. The summed E-state index contributed by atoms with van der Waals surface area (Å²) in [6, 6.07) is 15.1. The van der Waals surface area contributed by atoms with Crippen molar-refractivity contribution < 1.29 is 9.47 Å². The Morgan fingerprint density at radius 1 is 1.00 bits per heavy atom. The third kappa shape index (κ3) is 6.14. The van der Waals surface area contributed by atoms with Crippen LogP contribution in [0.15, 0.2) is 58.1 Å². The first kappa shape index (κ1) is 24.6. The molecule has 0 aliphatic heterocycles. The molecule has 0 spiro atoms. The SMILES string of the molecule is CCCCCCCOc1ccc(/C=c2\sc3nc(=O)c(Cc4ccccc4)nn3c2=O)cc1OC. The van der Waals surface area contributed by atoms with Gasteiger partial charge < -0.3 is 9.47 Å². The smallest absolute Gasteiger partial charge is 0.296 e. The van der Waals surface area contributed by atoms with Gasteiger partial charge in [0.05, 0.1) is 18.2 Å². The number of rotatable bonds is 11. The maximum Gasteiger partial charge on any atom is 0.296 e. The van der Waals surface area contributed by atoms with Crippen molar-refractivity contribution in [3.05, 3.63) is 90.6 Å². The van der Waals surface area contributed by atoms with Crippen molar-refractivity contribution >= 4 is 22.4 Å². The standard InChI is InChI=1S/C27H29N3O4S/c1-3-4-5-6-10-15-34-22-14-13-20(17-23(22)33-2)18-24-26(32)30-27(35-24)28-25(31)21(29-30)16-19-11-8-7-9-12-19/h7-9,11-14,17-18H,3-6,10,15-16H2,1-2H3/b24-18-. The lowest BCUT2D eigenvalue weighted by Crippen LogP contribution is -2.28. The van der Waals surface area contributed by atoms with Gasteiger partial charge in [0.1, 0.15) is 5.69 Å². The van der Waals surface area contributed by atoms with E-state index in [1.165, 1.54) is 23.8 Å². The van der Waals surface area contributed by atoms with E-state index in [0.717, 1.165) is 35.3 Å². The van der Waals surface area contributed by atoms with E-state index in [-0.39, 0.29) is 16.2 Å². The number of nitrogens with zero attached hydrogens (tertiary/aromatic N) is 3. The Morgan fingerprint density at radius 3 is 2.57 bits per heavy atom. The van der Waals surface area contributed by atoms with Gasteiger partial charge in [0, 0.05) is 6.42 Å². The maximum atomic E-state index is 13.0. The van der Waals surface area contributed by atoms with E-state index in [2.05, 4.69) is 17.0 Å². The number of ether oxygens (including phenoxy) is 2. The Hall–Kier alpha value is -3.52. The van der Waals surface area contributed by atoms with Gasteiger partial charge in [-0.2, -0.15) is 14.6 Å². The van der Waals surface area contributed by atoms with Gasteiger partial charge in [0.2, 0.25) is 4.96 Å². The minimum absolute atomic E-state index is 0.244. The fraction of sp³-hybridized carbons (Fsp3) is 0.333. The van der Waals surface area contributed by atoms with Crippen LogP contribution in [0, 0.1) is 0 Å². The molecule has 0 aliphatic carbocycles. The summed E-state index contributed by atoms with van der Waals surface area (Å²) in [4.78, 5) is 29.9. The van der Waals surface area contributed by atoms with Crippen molar-refractivity contribution in [2.45, 2.75) is 45.4 Å². The molecule has 35 heavy (non-hydrogen) atoms. The van der Waals surface area contributed by atoms with Crippen molar-refractivity contribution in [2.75, 3.05) is 13.7 Å². The van der Waals surface area contributed by atoms with Crippen molar-refractivity contribution in [3.63, 3.8) is 0 Å². The molecule has 4 aromatic rings. The fourth-order valence-corrected chi connectivity index (χ4v) is 4.68. The summed E-state index contributed by atoms with van der Waals surface area (Å²) >= 11 is 1.14. The molecule has 2 aromatic heterocycles. The van der Waals surface area contributed by atoms with E-state index in [9.17, 15) is 9.59 Å². The summed E-state index contributed by atoms with van der Waals surface area (Å²) in [5, 5.41) is 4.31.